The van der Waals surface area contributed by atoms with Gasteiger partial charge in [-0.15, -0.1) is 0 Å². The number of benzene rings is 9. The normalized spacial score (nSPS) is 11.1. The Balaban J connectivity index is 0.000000176. The molecular formula is C58H46Cl7NO9S3. The third-order valence-corrected chi connectivity index (χ3v) is 17.0. The fourth-order valence-corrected chi connectivity index (χ4v) is 13.0. The van der Waals surface area contributed by atoms with E-state index in [1.165, 1.54) is 67.8 Å². The van der Waals surface area contributed by atoms with Gasteiger partial charge in [-0.2, -0.15) is 0 Å². The van der Waals surface area contributed by atoms with Crippen molar-refractivity contribution >= 4 is 115 Å². The predicted octanol–water partition coefficient (Wildman–Crippen LogP) is 16.8. The number of halogens is 7. The monoisotopic (exact) mass is 1240 g/mol. The van der Waals surface area contributed by atoms with Crippen LogP contribution in [0.2, 0.25) is 30.1 Å². The van der Waals surface area contributed by atoms with Gasteiger partial charge in [-0.25, -0.2) is 25.3 Å². The highest BCUT2D eigenvalue weighted by Gasteiger charge is 2.22. The van der Waals surface area contributed by atoms with Gasteiger partial charge in [0.2, 0.25) is 0 Å². The van der Waals surface area contributed by atoms with Crippen molar-refractivity contribution in [3.8, 4) is 50.6 Å². The van der Waals surface area contributed by atoms with Crippen LogP contribution in [0.5, 0.6) is 17.2 Å². The second kappa shape index (κ2) is 27.8. The van der Waals surface area contributed by atoms with E-state index < -0.39 is 28.7 Å². The van der Waals surface area contributed by atoms with E-state index in [4.69, 9.17) is 95.5 Å². The van der Waals surface area contributed by atoms with Crippen LogP contribution in [0.25, 0.3) is 33.4 Å². The lowest BCUT2D eigenvalue weighted by atomic mass is 10.0. The van der Waals surface area contributed by atoms with Crippen LogP contribution in [0.15, 0.2) is 215 Å². The molecule has 0 atom stereocenters. The number of rotatable bonds is 12. The van der Waals surface area contributed by atoms with E-state index in [0.717, 1.165) is 39.1 Å². The van der Waals surface area contributed by atoms with Crippen LogP contribution in [-0.4, -0.2) is 44.6 Å². The Kier molecular flexibility index (Phi) is 21.8. The quantitative estimate of drug-likeness (QED) is 0.0887. The third-order valence-electron chi connectivity index (χ3n) is 11.1. The Hall–Kier alpha value is -5.94. The molecule has 78 heavy (non-hydrogen) atoms. The second-order valence-electron chi connectivity index (χ2n) is 16.7. The molecule has 0 bridgehead atoms. The number of hydrogen-bond acceptors (Lipinski definition) is 10. The van der Waals surface area contributed by atoms with Crippen LogP contribution in [-0.2, 0) is 40.2 Å². The van der Waals surface area contributed by atoms with E-state index in [1.54, 1.807) is 25.3 Å². The zero-order valence-electron chi connectivity index (χ0n) is 41.1. The minimum absolute atomic E-state index is 0.0227. The minimum atomic E-state index is -3.74. The van der Waals surface area contributed by atoms with Gasteiger partial charge in [-0.3, -0.25) is 0 Å². The SMILES string of the molecule is COc1ccc(-c2ccccc2)cc1CS(=O)(=O)c1cc(Cl)cc(Cl)c1.COc1ccc(-c2ccccc2)cc1N.O=S(=O)(Cc1cc(-c2ccccc2)ccc1O)c1cc(Cl)cc(Cl)c1.O=S(=O)(Cl)c1cc(Cl)cc(Cl)c1. The summed E-state index contributed by atoms with van der Waals surface area (Å²) in [5, 5.41) is 11.6. The third kappa shape index (κ3) is 17.8. The lowest BCUT2D eigenvalue weighted by molar-refractivity contribution is 0.411. The molecule has 0 fully saturated rings. The van der Waals surface area contributed by atoms with Gasteiger partial charge in [0.1, 0.15) is 17.2 Å². The fraction of sp³-hybridized carbons (Fsp3) is 0.0690. The van der Waals surface area contributed by atoms with Crippen LogP contribution in [0.3, 0.4) is 0 Å². The van der Waals surface area contributed by atoms with Crippen LogP contribution in [0, 0.1) is 0 Å². The van der Waals surface area contributed by atoms with E-state index in [-0.39, 0.29) is 62.1 Å². The molecular weight excluding hydrogens is 1200 g/mol. The van der Waals surface area contributed by atoms with Gasteiger partial charge in [0.15, 0.2) is 19.7 Å². The van der Waals surface area contributed by atoms with E-state index in [0.29, 0.717) is 22.6 Å². The molecule has 9 aromatic carbocycles. The summed E-state index contributed by atoms with van der Waals surface area (Å²) in [7, 11) is -2.90. The van der Waals surface area contributed by atoms with Gasteiger partial charge in [0.25, 0.3) is 9.05 Å². The molecule has 0 aromatic heterocycles. The minimum Gasteiger partial charge on any atom is -0.508 e. The van der Waals surface area contributed by atoms with Crippen molar-refractivity contribution in [3.63, 3.8) is 0 Å². The van der Waals surface area contributed by atoms with Crippen molar-refractivity contribution in [1.82, 2.24) is 0 Å². The molecule has 20 heteroatoms. The summed E-state index contributed by atoms with van der Waals surface area (Å²) in [4.78, 5) is 0.0124. The number of ether oxygens (including phenoxy) is 2. The van der Waals surface area contributed by atoms with Crippen LogP contribution >= 0.6 is 80.3 Å². The van der Waals surface area contributed by atoms with E-state index in [1.807, 2.05) is 109 Å². The van der Waals surface area contributed by atoms with Gasteiger partial charge < -0.3 is 20.3 Å². The molecule has 0 unspecified atom stereocenters. The summed E-state index contributed by atoms with van der Waals surface area (Å²) >= 11 is 34.8. The first-order valence-electron chi connectivity index (χ1n) is 22.8. The molecule has 9 aromatic rings. The molecule has 0 spiro atoms. The van der Waals surface area contributed by atoms with Crippen molar-refractivity contribution in [3.05, 3.63) is 241 Å². The number of phenolic OH excluding ortho intramolecular Hbond substituents is 1. The Morgan fingerprint density at radius 1 is 0.385 bits per heavy atom. The molecule has 0 saturated carbocycles. The van der Waals surface area contributed by atoms with Gasteiger partial charge in [0, 0.05) is 51.9 Å². The molecule has 10 nitrogen and oxygen atoms in total. The molecule has 0 aliphatic carbocycles. The Bertz CT molecular complexity index is 3820. The fourth-order valence-electron chi connectivity index (χ4n) is 7.42. The number of hydrogen-bond donors (Lipinski definition) is 2. The zero-order chi connectivity index (χ0) is 56.8. The van der Waals surface area contributed by atoms with Crippen molar-refractivity contribution in [2.45, 2.75) is 26.2 Å². The zero-order valence-corrected chi connectivity index (χ0v) is 48.9. The summed E-state index contributed by atoms with van der Waals surface area (Å²) in [6.45, 7) is 0. The summed E-state index contributed by atoms with van der Waals surface area (Å²) in [6.07, 6.45) is 0. The highest BCUT2D eigenvalue weighted by molar-refractivity contribution is 8.13. The lowest BCUT2D eigenvalue weighted by Crippen LogP contribution is -2.06. The molecule has 0 radical (unpaired) electrons. The number of anilines is 1. The van der Waals surface area contributed by atoms with Gasteiger partial charge >= 0.3 is 0 Å². The average molecular weight is 1250 g/mol. The molecule has 0 amide bonds. The molecule has 3 N–H and O–H groups in total. The lowest BCUT2D eigenvalue weighted by Gasteiger charge is -2.12. The summed E-state index contributed by atoms with van der Waals surface area (Å²) in [6, 6.07) is 58.0. The Morgan fingerprint density at radius 2 is 0.705 bits per heavy atom. The highest BCUT2D eigenvalue weighted by Crippen LogP contribution is 2.34. The molecule has 0 heterocycles. The van der Waals surface area contributed by atoms with E-state index in [2.05, 4.69) is 12.1 Å². The molecule has 0 aliphatic heterocycles. The smallest absolute Gasteiger partial charge is 0.261 e. The van der Waals surface area contributed by atoms with Crippen LogP contribution < -0.4 is 15.2 Å². The Morgan fingerprint density at radius 3 is 1.06 bits per heavy atom. The largest absolute Gasteiger partial charge is 0.508 e. The number of nitrogen functional groups attached to an aromatic ring is 1. The van der Waals surface area contributed by atoms with Crippen LogP contribution in [0.1, 0.15) is 11.1 Å². The number of aromatic hydroxyl groups is 1. The molecule has 9 rings (SSSR count). The maximum Gasteiger partial charge on any atom is 0.261 e. The van der Waals surface area contributed by atoms with Crippen molar-refractivity contribution in [1.29, 1.82) is 0 Å². The first-order chi connectivity index (χ1) is 36.9. The standard InChI is InChI=1S/C20H16Cl2O3S.C19H14Cl2O3S.C13H13NO.C6H3Cl3O2S/c1-25-20-8-7-15(14-5-3-2-4-6-14)9-16(20)13-26(23,24)19-11-17(21)10-18(22)12-19;20-16-9-17(21)11-18(10-16)25(23,24)12-15-8-14(6-7-19(15)22)13-4-2-1-3-5-13;1-15-13-8-7-11(9-12(13)14)10-5-3-2-4-6-10;7-4-1-5(8)3-6(2-4)12(9,10)11/h2-12H,13H2,1H3;1-11,22H,12H2;2-9H,14H2,1H3;1-3H. The summed E-state index contributed by atoms with van der Waals surface area (Å²) in [5.74, 6) is 0.594. The predicted molar refractivity (Wildman–Crippen MR) is 319 cm³/mol. The summed E-state index contributed by atoms with van der Waals surface area (Å²) in [5.41, 5.74) is 13.3. The average Bonchev–Trinajstić information content (AvgIpc) is 3.39. The highest BCUT2D eigenvalue weighted by atomic mass is 35.7. The molecule has 404 valence electrons. The van der Waals surface area contributed by atoms with Crippen molar-refractivity contribution in [2.75, 3.05) is 20.0 Å². The van der Waals surface area contributed by atoms with Crippen LogP contribution in [0.4, 0.5) is 5.69 Å². The van der Waals surface area contributed by atoms with Gasteiger partial charge in [0.05, 0.1) is 46.1 Å². The second-order valence-corrected chi connectivity index (χ2v) is 25.9. The van der Waals surface area contributed by atoms with Gasteiger partial charge in [-0.05, 0) is 124 Å². The van der Waals surface area contributed by atoms with E-state index >= 15 is 0 Å². The number of sulfone groups is 2. The first-order valence-corrected chi connectivity index (χ1v) is 30.7. The first kappa shape index (κ1) is 61.3. The number of methoxy groups -OCH3 is 2. The van der Waals surface area contributed by atoms with Crippen molar-refractivity contribution < 1.29 is 39.8 Å². The maximum absolute atomic E-state index is 12.8. The topological polar surface area (TPSA) is 167 Å². The number of phenols is 1. The molecule has 0 aliphatic rings. The molecule has 0 saturated heterocycles. The van der Waals surface area contributed by atoms with Crippen molar-refractivity contribution in [2.24, 2.45) is 0 Å². The maximum atomic E-state index is 12.8. The summed E-state index contributed by atoms with van der Waals surface area (Å²) < 4.78 is 83.1. The van der Waals surface area contributed by atoms with E-state index in [9.17, 15) is 30.4 Å². The van der Waals surface area contributed by atoms with Gasteiger partial charge in [-0.1, -0.05) is 179 Å². The number of nitrogens with two attached hydrogens (primary N) is 1. The Labute approximate surface area is 488 Å².